The monoisotopic (exact) mass is 330 g/mol. The smallest absolute Gasteiger partial charge is 0.449 e. The Morgan fingerprint density at radius 2 is 1.95 bits per heavy atom. The molecule has 4 unspecified atom stereocenters. The molecule has 1 N–H and O–H groups in total. The van der Waals surface area contributed by atoms with Crippen LogP contribution < -0.4 is 0 Å². The Hall–Kier alpha value is -1.22. The molecule has 1 aliphatic heterocycles. The second-order valence-corrected chi connectivity index (χ2v) is 5.60. The maximum atomic E-state index is 14.2. The van der Waals surface area contributed by atoms with Gasteiger partial charge in [-0.15, -0.1) is 0 Å². The van der Waals surface area contributed by atoms with Crippen LogP contribution >= 0.6 is 0 Å². The Labute approximate surface area is 122 Å². The Kier molecular flexibility index (Phi) is 4.02. The van der Waals surface area contributed by atoms with E-state index in [1.807, 2.05) is 0 Å². The Morgan fingerprint density at radius 1 is 1.36 bits per heavy atom. The summed E-state index contributed by atoms with van der Waals surface area (Å²) in [5.74, 6) is -12.2. The van der Waals surface area contributed by atoms with Crippen molar-refractivity contribution in [1.29, 1.82) is 0 Å². The third kappa shape index (κ3) is 2.40. The molecule has 0 amide bonds. The minimum absolute atomic E-state index is 0.0346. The second kappa shape index (κ2) is 5.16. The average Bonchev–Trinajstić information content (AvgIpc) is 2.58. The van der Waals surface area contributed by atoms with E-state index in [2.05, 4.69) is 11.3 Å². The number of ether oxygens (including phenoxy) is 2. The van der Waals surface area contributed by atoms with Gasteiger partial charge in [-0.2, -0.15) is 22.0 Å². The first-order valence-electron chi connectivity index (χ1n) is 6.63. The van der Waals surface area contributed by atoms with E-state index in [-0.39, 0.29) is 24.8 Å². The van der Waals surface area contributed by atoms with E-state index in [0.29, 0.717) is 0 Å². The van der Waals surface area contributed by atoms with Gasteiger partial charge in [0.05, 0.1) is 12.0 Å². The summed E-state index contributed by atoms with van der Waals surface area (Å²) in [6, 6.07) is 0. The number of alkyl halides is 5. The summed E-state index contributed by atoms with van der Waals surface area (Å²) in [5.41, 5.74) is -0.0598. The summed E-state index contributed by atoms with van der Waals surface area (Å²) in [5, 5.41) is 9.39. The van der Waals surface area contributed by atoms with Crippen molar-refractivity contribution in [2.24, 2.45) is 5.92 Å². The van der Waals surface area contributed by atoms with Crippen LogP contribution in [0, 0.1) is 5.92 Å². The van der Waals surface area contributed by atoms with Gasteiger partial charge in [0.15, 0.2) is 0 Å². The predicted octanol–water partition coefficient (Wildman–Crippen LogP) is 2.56. The van der Waals surface area contributed by atoms with Gasteiger partial charge in [-0.25, -0.2) is 4.79 Å². The van der Waals surface area contributed by atoms with Crippen molar-refractivity contribution < 1.29 is 41.3 Å². The SMILES string of the molecule is C=C(C)C(=O)OC1CCCC2OC(O)(C(F)(F)F)C(F)(F)C12. The lowest BCUT2D eigenvalue weighted by Gasteiger charge is -2.35. The van der Waals surface area contributed by atoms with E-state index >= 15 is 0 Å². The molecule has 0 spiro atoms. The molecule has 1 saturated carbocycles. The summed E-state index contributed by atoms with van der Waals surface area (Å²) in [6.45, 7) is 4.58. The molecule has 2 fully saturated rings. The van der Waals surface area contributed by atoms with Gasteiger partial charge in [-0.05, 0) is 26.2 Å². The minimum atomic E-state index is -5.67. The van der Waals surface area contributed by atoms with Crippen LogP contribution in [0.4, 0.5) is 22.0 Å². The number of rotatable bonds is 2. The molecule has 0 radical (unpaired) electrons. The molecule has 4 atom stereocenters. The molecule has 2 rings (SSSR count). The van der Waals surface area contributed by atoms with Crippen LogP contribution in [0.5, 0.6) is 0 Å². The molecule has 9 heteroatoms. The van der Waals surface area contributed by atoms with Crippen LogP contribution in [0.1, 0.15) is 26.2 Å². The van der Waals surface area contributed by atoms with Gasteiger partial charge in [0.25, 0.3) is 0 Å². The van der Waals surface area contributed by atoms with E-state index in [9.17, 15) is 31.9 Å². The minimum Gasteiger partial charge on any atom is -0.458 e. The van der Waals surface area contributed by atoms with Gasteiger partial charge < -0.3 is 14.6 Å². The van der Waals surface area contributed by atoms with Gasteiger partial charge >= 0.3 is 23.9 Å². The third-order valence-corrected chi connectivity index (χ3v) is 3.96. The van der Waals surface area contributed by atoms with Crippen molar-refractivity contribution in [2.75, 3.05) is 0 Å². The highest BCUT2D eigenvalue weighted by molar-refractivity contribution is 5.87. The second-order valence-electron chi connectivity index (χ2n) is 5.60. The van der Waals surface area contributed by atoms with Crippen molar-refractivity contribution in [2.45, 2.75) is 56.3 Å². The molecule has 2 aliphatic rings. The highest BCUT2D eigenvalue weighted by Gasteiger charge is 2.80. The largest absolute Gasteiger partial charge is 0.458 e. The maximum absolute atomic E-state index is 14.2. The third-order valence-electron chi connectivity index (χ3n) is 3.96. The standard InChI is InChI=1S/C13H15F5O4/c1-6(2)10(19)21-7-4-3-5-8-9(7)11(14,15)12(20,22-8)13(16,17)18/h7-9,20H,1,3-5H2,2H3. The summed E-state index contributed by atoms with van der Waals surface area (Å²) in [7, 11) is 0. The van der Waals surface area contributed by atoms with Crippen molar-refractivity contribution >= 4 is 5.97 Å². The molecule has 126 valence electrons. The Morgan fingerprint density at radius 3 is 2.45 bits per heavy atom. The normalized spacial score (nSPS) is 37.5. The van der Waals surface area contributed by atoms with Gasteiger partial charge in [0.1, 0.15) is 6.10 Å². The van der Waals surface area contributed by atoms with Crippen LogP contribution in [-0.2, 0) is 14.3 Å². The molecule has 22 heavy (non-hydrogen) atoms. The van der Waals surface area contributed by atoms with Gasteiger partial charge in [0.2, 0.25) is 0 Å². The average molecular weight is 330 g/mol. The Bertz CT molecular complexity index is 489. The zero-order valence-corrected chi connectivity index (χ0v) is 11.6. The van der Waals surface area contributed by atoms with Crippen LogP contribution in [0.15, 0.2) is 12.2 Å². The lowest BCUT2D eigenvalue weighted by molar-refractivity contribution is -0.408. The number of halogens is 5. The molecule has 1 saturated heterocycles. The number of hydrogen-bond acceptors (Lipinski definition) is 4. The summed E-state index contributed by atoms with van der Waals surface area (Å²) >= 11 is 0. The number of carbonyl (C=O) groups excluding carboxylic acids is 1. The fourth-order valence-electron chi connectivity index (χ4n) is 2.87. The molecule has 0 bridgehead atoms. The van der Waals surface area contributed by atoms with E-state index in [1.54, 1.807) is 0 Å². The molecule has 4 nitrogen and oxygen atoms in total. The summed E-state index contributed by atoms with van der Waals surface area (Å²) in [6.07, 6.45) is -8.57. The van der Waals surface area contributed by atoms with Gasteiger partial charge in [-0.3, -0.25) is 0 Å². The predicted molar refractivity (Wildman–Crippen MR) is 62.9 cm³/mol. The molecular weight excluding hydrogens is 315 g/mol. The van der Waals surface area contributed by atoms with E-state index in [4.69, 9.17) is 4.74 Å². The van der Waals surface area contributed by atoms with E-state index < -0.39 is 42.0 Å². The van der Waals surface area contributed by atoms with Crippen LogP contribution in [0.3, 0.4) is 0 Å². The molecule has 0 aromatic rings. The van der Waals surface area contributed by atoms with Gasteiger partial charge in [-0.1, -0.05) is 6.58 Å². The van der Waals surface area contributed by atoms with Crippen LogP contribution in [0.25, 0.3) is 0 Å². The van der Waals surface area contributed by atoms with Crippen LogP contribution in [-0.4, -0.2) is 41.2 Å². The van der Waals surface area contributed by atoms with Gasteiger partial charge in [0, 0.05) is 5.57 Å². The lowest BCUT2D eigenvalue weighted by Crippen LogP contribution is -2.59. The van der Waals surface area contributed by atoms with E-state index in [0.717, 1.165) is 0 Å². The molecule has 1 aliphatic carbocycles. The highest BCUT2D eigenvalue weighted by atomic mass is 19.4. The molecule has 0 aromatic heterocycles. The lowest BCUT2D eigenvalue weighted by atomic mass is 9.79. The number of carbonyl (C=O) groups is 1. The summed E-state index contributed by atoms with van der Waals surface area (Å²) in [4.78, 5) is 11.5. The summed E-state index contributed by atoms with van der Waals surface area (Å²) < 4.78 is 76.0. The zero-order valence-electron chi connectivity index (χ0n) is 11.6. The fraction of sp³-hybridized carbons (Fsp3) is 0.769. The number of esters is 1. The first-order valence-corrected chi connectivity index (χ1v) is 6.63. The zero-order chi connectivity index (χ0) is 16.9. The van der Waals surface area contributed by atoms with Crippen molar-refractivity contribution in [3.05, 3.63) is 12.2 Å². The van der Waals surface area contributed by atoms with Crippen molar-refractivity contribution in [3.63, 3.8) is 0 Å². The maximum Gasteiger partial charge on any atom is 0.449 e. The first kappa shape index (κ1) is 17.1. The number of hydrogen-bond donors (Lipinski definition) is 1. The first-order chi connectivity index (χ1) is 9.92. The van der Waals surface area contributed by atoms with Crippen molar-refractivity contribution in [1.82, 2.24) is 0 Å². The highest BCUT2D eigenvalue weighted by Crippen LogP contribution is 2.57. The van der Waals surface area contributed by atoms with Crippen molar-refractivity contribution in [3.8, 4) is 0 Å². The molecule has 0 aromatic carbocycles. The quantitative estimate of drug-likeness (QED) is 0.480. The Balaban J connectivity index is 2.33. The van der Waals surface area contributed by atoms with E-state index in [1.165, 1.54) is 6.92 Å². The molecule has 1 heterocycles. The fourth-order valence-corrected chi connectivity index (χ4v) is 2.87. The number of aliphatic hydroxyl groups is 1. The number of fused-ring (bicyclic) bond motifs is 1. The van der Waals surface area contributed by atoms with Crippen LogP contribution in [0.2, 0.25) is 0 Å². The topological polar surface area (TPSA) is 55.8 Å². The molecular formula is C13H15F5O4.